The number of rotatable bonds is 3. The van der Waals surface area contributed by atoms with Gasteiger partial charge in [0.1, 0.15) is 0 Å². The summed E-state index contributed by atoms with van der Waals surface area (Å²) in [5, 5.41) is 8.92. The summed E-state index contributed by atoms with van der Waals surface area (Å²) < 4.78 is 0. The standard InChI is InChI=1S/C11H16N2O2/c1-4-12(2)9-7-5-6-8-10(9)13(3)11(14)15/h5-8H,4H2,1-3H3,(H,14,15). The molecule has 4 heteroatoms. The lowest BCUT2D eigenvalue weighted by Gasteiger charge is -2.24. The van der Waals surface area contributed by atoms with E-state index in [2.05, 4.69) is 0 Å². The van der Waals surface area contributed by atoms with Gasteiger partial charge in [0.05, 0.1) is 11.4 Å². The average molecular weight is 208 g/mol. The highest BCUT2D eigenvalue weighted by Crippen LogP contribution is 2.27. The fraction of sp³-hybridized carbons (Fsp3) is 0.364. The molecule has 0 fully saturated rings. The first-order valence-electron chi connectivity index (χ1n) is 4.84. The molecule has 0 aliphatic heterocycles. The predicted octanol–water partition coefficient (Wildman–Crippen LogP) is 2.26. The van der Waals surface area contributed by atoms with Gasteiger partial charge in [-0.1, -0.05) is 12.1 Å². The highest BCUT2D eigenvalue weighted by molar-refractivity contribution is 5.90. The Morgan fingerprint density at radius 3 is 2.27 bits per heavy atom. The van der Waals surface area contributed by atoms with Crippen LogP contribution in [0.4, 0.5) is 16.2 Å². The van der Waals surface area contributed by atoms with Gasteiger partial charge in [-0.25, -0.2) is 4.79 Å². The van der Waals surface area contributed by atoms with E-state index in [-0.39, 0.29) is 0 Å². The number of nitrogens with zero attached hydrogens (tertiary/aromatic N) is 2. The molecule has 15 heavy (non-hydrogen) atoms. The second-order valence-corrected chi connectivity index (χ2v) is 3.34. The third-order valence-corrected chi connectivity index (χ3v) is 2.42. The van der Waals surface area contributed by atoms with Crippen molar-refractivity contribution in [2.45, 2.75) is 6.92 Å². The average Bonchev–Trinajstić information content (AvgIpc) is 2.27. The molecule has 0 radical (unpaired) electrons. The van der Waals surface area contributed by atoms with E-state index in [1.165, 1.54) is 4.90 Å². The number of carbonyl (C=O) groups is 1. The Bertz CT molecular complexity index is 352. The molecule has 1 rings (SSSR count). The summed E-state index contributed by atoms with van der Waals surface area (Å²) in [5.41, 5.74) is 1.62. The fourth-order valence-electron chi connectivity index (χ4n) is 1.34. The number of amides is 1. The number of para-hydroxylation sites is 2. The molecule has 0 heterocycles. The Morgan fingerprint density at radius 1 is 1.27 bits per heavy atom. The van der Waals surface area contributed by atoms with Crippen molar-refractivity contribution in [3.63, 3.8) is 0 Å². The minimum absolute atomic E-state index is 0.703. The number of benzene rings is 1. The second-order valence-electron chi connectivity index (χ2n) is 3.34. The van der Waals surface area contributed by atoms with Crippen molar-refractivity contribution >= 4 is 17.5 Å². The first-order valence-corrected chi connectivity index (χ1v) is 4.84. The number of carboxylic acid groups (broad SMARTS) is 1. The molecule has 0 bridgehead atoms. The first-order chi connectivity index (χ1) is 7.07. The molecule has 0 aliphatic carbocycles. The minimum atomic E-state index is -0.952. The maximum absolute atomic E-state index is 10.9. The summed E-state index contributed by atoms with van der Waals surface area (Å²) in [6.07, 6.45) is -0.952. The molecular formula is C11H16N2O2. The summed E-state index contributed by atoms with van der Waals surface area (Å²) in [6.45, 7) is 2.86. The van der Waals surface area contributed by atoms with Crippen LogP contribution in [0.25, 0.3) is 0 Å². The zero-order valence-corrected chi connectivity index (χ0v) is 9.27. The Labute approximate surface area is 89.7 Å². The molecule has 0 unspecified atom stereocenters. The summed E-state index contributed by atoms with van der Waals surface area (Å²) in [5.74, 6) is 0. The predicted molar refractivity (Wildman–Crippen MR) is 61.8 cm³/mol. The molecule has 0 aliphatic rings. The van der Waals surface area contributed by atoms with Gasteiger partial charge >= 0.3 is 6.09 Å². The normalized spacial score (nSPS) is 9.80. The van der Waals surface area contributed by atoms with Crippen LogP contribution in [-0.2, 0) is 0 Å². The zero-order chi connectivity index (χ0) is 11.4. The molecule has 82 valence electrons. The monoisotopic (exact) mass is 208 g/mol. The lowest BCUT2D eigenvalue weighted by atomic mass is 10.2. The van der Waals surface area contributed by atoms with Crippen LogP contribution >= 0.6 is 0 Å². The van der Waals surface area contributed by atoms with E-state index in [1.54, 1.807) is 13.1 Å². The summed E-state index contributed by atoms with van der Waals surface area (Å²) >= 11 is 0. The third kappa shape index (κ3) is 2.40. The van der Waals surface area contributed by atoms with Crippen LogP contribution in [0.5, 0.6) is 0 Å². The van der Waals surface area contributed by atoms with Crippen molar-refractivity contribution in [1.29, 1.82) is 0 Å². The minimum Gasteiger partial charge on any atom is -0.465 e. The van der Waals surface area contributed by atoms with Gasteiger partial charge in [-0.2, -0.15) is 0 Å². The molecule has 1 aromatic carbocycles. The van der Waals surface area contributed by atoms with Crippen molar-refractivity contribution in [3.05, 3.63) is 24.3 Å². The van der Waals surface area contributed by atoms with Crippen LogP contribution < -0.4 is 9.80 Å². The van der Waals surface area contributed by atoms with Crippen molar-refractivity contribution in [2.75, 3.05) is 30.4 Å². The Morgan fingerprint density at radius 2 is 1.80 bits per heavy atom. The first kappa shape index (κ1) is 11.4. The third-order valence-electron chi connectivity index (χ3n) is 2.42. The number of anilines is 2. The molecule has 1 amide bonds. The molecule has 1 N–H and O–H groups in total. The van der Waals surface area contributed by atoms with Crippen molar-refractivity contribution in [1.82, 2.24) is 0 Å². The van der Waals surface area contributed by atoms with Crippen LogP contribution in [0, 0.1) is 0 Å². The second kappa shape index (κ2) is 4.68. The smallest absolute Gasteiger partial charge is 0.411 e. The van der Waals surface area contributed by atoms with E-state index in [9.17, 15) is 4.79 Å². The molecule has 0 saturated heterocycles. The summed E-state index contributed by atoms with van der Waals surface area (Å²) in [7, 11) is 3.49. The van der Waals surface area contributed by atoms with E-state index >= 15 is 0 Å². The molecule has 4 nitrogen and oxygen atoms in total. The van der Waals surface area contributed by atoms with E-state index in [1.807, 2.05) is 37.1 Å². The van der Waals surface area contributed by atoms with E-state index in [4.69, 9.17) is 5.11 Å². The highest BCUT2D eigenvalue weighted by Gasteiger charge is 2.13. The lowest BCUT2D eigenvalue weighted by molar-refractivity contribution is 0.203. The van der Waals surface area contributed by atoms with Crippen LogP contribution in [-0.4, -0.2) is 31.8 Å². The number of hydrogen-bond acceptors (Lipinski definition) is 2. The molecule has 0 aromatic heterocycles. The zero-order valence-electron chi connectivity index (χ0n) is 9.27. The summed E-state index contributed by atoms with van der Waals surface area (Å²) in [6, 6.07) is 7.45. The fourth-order valence-corrected chi connectivity index (χ4v) is 1.34. The van der Waals surface area contributed by atoms with E-state index < -0.39 is 6.09 Å². The lowest BCUT2D eigenvalue weighted by Crippen LogP contribution is -2.27. The van der Waals surface area contributed by atoms with E-state index in [0.717, 1.165) is 12.2 Å². The summed E-state index contributed by atoms with van der Waals surface area (Å²) in [4.78, 5) is 14.1. The SMILES string of the molecule is CCN(C)c1ccccc1N(C)C(=O)O. The Balaban J connectivity index is 3.11. The number of hydrogen-bond donors (Lipinski definition) is 1. The van der Waals surface area contributed by atoms with Crippen LogP contribution in [0.3, 0.4) is 0 Å². The maximum atomic E-state index is 10.9. The molecule has 0 spiro atoms. The van der Waals surface area contributed by atoms with Crippen LogP contribution in [0.2, 0.25) is 0 Å². The quantitative estimate of drug-likeness (QED) is 0.828. The molecule has 0 saturated carbocycles. The Hall–Kier alpha value is -1.71. The van der Waals surface area contributed by atoms with Crippen LogP contribution in [0.15, 0.2) is 24.3 Å². The van der Waals surface area contributed by atoms with Gasteiger partial charge in [-0.3, -0.25) is 4.90 Å². The van der Waals surface area contributed by atoms with Gasteiger partial charge in [0.2, 0.25) is 0 Å². The topological polar surface area (TPSA) is 43.8 Å². The van der Waals surface area contributed by atoms with Gasteiger partial charge in [0, 0.05) is 20.6 Å². The van der Waals surface area contributed by atoms with Gasteiger partial charge in [0.25, 0.3) is 0 Å². The van der Waals surface area contributed by atoms with Crippen molar-refractivity contribution < 1.29 is 9.90 Å². The maximum Gasteiger partial charge on any atom is 0.411 e. The van der Waals surface area contributed by atoms with Gasteiger partial charge < -0.3 is 10.0 Å². The van der Waals surface area contributed by atoms with Crippen molar-refractivity contribution in [2.24, 2.45) is 0 Å². The van der Waals surface area contributed by atoms with Crippen LogP contribution in [0.1, 0.15) is 6.92 Å². The Kier molecular flexibility index (Phi) is 3.55. The molecular weight excluding hydrogens is 192 g/mol. The van der Waals surface area contributed by atoms with Gasteiger partial charge in [0.15, 0.2) is 0 Å². The molecule has 0 atom stereocenters. The van der Waals surface area contributed by atoms with Crippen molar-refractivity contribution in [3.8, 4) is 0 Å². The van der Waals surface area contributed by atoms with Gasteiger partial charge in [-0.15, -0.1) is 0 Å². The highest BCUT2D eigenvalue weighted by atomic mass is 16.4. The molecule has 1 aromatic rings. The van der Waals surface area contributed by atoms with Gasteiger partial charge in [-0.05, 0) is 19.1 Å². The largest absolute Gasteiger partial charge is 0.465 e. The van der Waals surface area contributed by atoms with E-state index in [0.29, 0.717) is 5.69 Å².